The monoisotopic (exact) mass is 867 g/mol. The molecule has 0 aliphatic heterocycles. The van der Waals surface area contributed by atoms with Gasteiger partial charge in [0.15, 0.2) is 0 Å². The fraction of sp³-hybridized carbons (Fsp3) is 0.0476. The summed E-state index contributed by atoms with van der Waals surface area (Å²) in [5, 5.41) is 10.7. The molecule has 0 bridgehead atoms. The summed E-state index contributed by atoms with van der Waals surface area (Å²) in [5.74, 6) is 0.644. The van der Waals surface area contributed by atoms with Crippen LogP contribution >= 0.6 is 0 Å². The summed E-state index contributed by atoms with van der Waals surface area (Å²) in [7, 11) is 0. The summed E-state index contributed by atoms with van der Waals surface area (Å²) in [4.78, 5) is 10.8. The lowest BCUT2D eigenvalue weighted by molar-refractivity contribution is 0.660. The van der Waals surface area contributed by atoms with Crippen molar-refractivity contribution in [2.75, 3.05) is 0 Å². The van der Waals surface area contributed by atoms with Crippen molar-refractivity contribution in [3.05, 3.63) is 223 Å². The first-order valence-corrected chi connectivity index (χ1v) is 23.5. The van der Waals surface area contributed by atoms with Crippen LogP contribution in [0.4, 0.5) is 0 Å². The number of nitrogens with zero attached hydrogens (tertiary/aromatic N) is 5. The summed E-state index contributed by atoms with van der Waals surface area (Å²) >= 11 is 0. The lowest BCUT2D eigenvalue weighted by Crippen LogP contribution is -2.14. The summed E-state index contributed by atoms with van der Waals surface area (Å²) in [6, 6.07) is 77.5. The lowest BCUT2D eigenvalue weighted by Gasteiger charge is -2.21. The maximum Gasteiger partial charge on any atom is 0.235 e. The first-order valence-electron chi connectivity index (χ1n) is 23.5. The van der Waals surface area contributed by atoms with Crippen LogP contribution in [0.25, 0.3) is 127 Å². The standard InChI is InChI=1S/C63H41N5/c1-63(2)48-23-10-5-18-42(48)47-37-41(32-33-49(47)63)66-51-25-12-8-21-45(51)59-56(66)34-35-57-60(59)46-22-9-13-26-52(46)67(57)54-28-15-29-55-58(54)44-20-7-14-27-53(44)68(55)62-64-50-24-11-6-19-43(50)61(65-62)40-31-30-38-16-3-4-17-39(38)36-40/h3-37H,1-2H3. The van der Waals surface area contributed by atoms with Gasteiger partial charge in [-0.2, -0.15) is 0 Å². The number of aromatic nitrogens is 5. The molecular formula is C63H41N5. The van der Waals surface area contributed by atoms with Crippen LogP contribution in [0.2, 0.25) is 0 Å². The fourth-order valence-electron chi connectivity index (χ4n) is 12.0. The van der Waals surface area contributed by atoms with Gasteiger partial charge in [0, 0.05) is 54.4 Å². The van der Waals surface area contributed by atoms with E-state index in [1.807, 2.05) is 0 Å². The highest BCUT2D eigenvalue weighted by Crippen LogP contribution is 2.50. The number of para-hydroxylation sites is 4. The van der Waals surface area contributed by atoms with Crippen LogP contribution < -0.4 is 0 Å². The molecule has 318 valence electrons. The van der Waals surface area contributed by atoms with Crippen molar-refractivity contribution in [1.82, 2.24) is 23.7 Å². The van der Waals surface area contributed by atoms with E-state index in [9.17, 15) is 0 Å². The second-order valence-corrected chi connectivity index (χ2v) is 18.9. The SMILES string of the molecule is CC1(C)c2ccccc2-c2cc(-n3c4ccccc4c4c5c6ccccc6n(-c6cccc7c6c6ccccc6n7-c6nc(-c7ccc8ccccc8c7)c7ccccc7n6)c5ccc43)ccc21. The van der Waals surface area contributed by atoms with Crippen molar-refractivity contribution >= 4 is 87.1 Å². The second kappa shape index (κ2) is 13.6. The zero-order valence-electron chi connectivity index (χ0n) is 37.4. The van der Waals surface area contributed by atoms with Crippen LogP contribution in [0.1, 0.15) is 25.0 Å². The molecule has 0 saturated heterocycles. The number of hydrogen-bond acceptors (Lipinski definition) is 2. The van der Waals surface area contributed by atoms with Gasteiger partial charge in [-0.05, 0) is 99.8 Å². The summed E-state index contributed by atoms with van der Waals surface area (Å²) in [6.45, 7) is 4.70. The van der Waals surface area contributed by atoms with Gasteiger partial charge in [0.1, 0.15) is 0 Å². The van der Waals surface area contributed by atoms with Crippen molar-refractivity contribution in [1.29, 1.82) is 0 Å². The van der Waals surface area contributed by atoms with Gasteiger partial charge in [0.2, 0.25) is 5.95 Å². The predicted molar refractivity (Wildman–Crippen MR) is 283 cm³/mol. The highest BCUT2D eigenvalue weighted by molar-refractivity contribution is 6.29. The molecule has 0 radical (unpaired) electrons. The van der Waals surface area contributed by atoms with Crippen LogP contribution in [0.15, 0.2) is 212 Å². The van der Waals surface area contributed by atoms with E-state index in [0.717, 1.165) is 60.7 Å². The van der Waals surface area contributed by atoms with E-state index in [4.69, 9.17) is 9.97 Å². The van der Waals surface area contributed by atoms with Crippen LogP contribution in [-0.4, -0.2) is 23.7 Å². The Morgan fingerprint density at radius 3 is 1.72 bits per heavy atom. The quantitative estimate of drug-likeness (QED) is 0.177. The van der Waals surface area contributed by atoms with Gasteiger partial charge >= 0.3 is 0 Å². The third-order valence-electron chi connectivity index (χ3n) is 15.0. The highest BCUT2D eigenvalue weighted by Gasteiger charge is 2.35. The second-order valence-electron chi connectivity index (χ2n) is 18.9. The Hall–Kier alpha value is -8.80. The molecule has 0 amide bonds. The molecule has 0 saturated carbocycles. The average Bonchev–Trinajstić information content (AvgIpc) is 4.09. The number of hydrogen-bond donors (Lipinski definition) is 0. The highest BCUT2D eigenvalue weighted by atomic mass is 15.2. The molecule has 10 aromatic carbocycles. The lowest BCUT2D eigenvalue weighted by atomic mass is 9.82. The van der Waals surface area contributed by atoms with E-state index in [-0.39, 0.29) is 5.41 Å². The normalized spacial score (nSPS) is 13.3. The Kier molecular flexibility index (Phi) is 7.50. The van der Waals surface area contributed by atoms with E-state index >= 15 is 0 Å². The van der Waals surface area contributed by atoms with Crippen LogP contribution in [0, 0.1) is 0 Å². The maximum absolute atomic E-state index is 5.48. The van der Waals surface area contributed by atoms with Crippen LogP contribution in [-0.2, 0) is 5.41 Å². The number of benzene rings is 10. The van der Waals surface area contributed by atoms with Gasteiger partial charge < -0.3 is 9.13 Å². The minimum absolute atomic E-state index is 0.0578. The molecule has 0 spiro atoms. The average molecular weight is 868 g/mol. The molecule has 14 aromatic rings. The fourth-order valence-corrected chi connectivity index (χ4v) is 12.0. The van der Waals surface area contributed by atoms with Crippen molar-refractivity contribution in [3.63, 3.8) is 0 Å². The van der Waals surface area contributed by atoms with Gasteiger partial charge in [-0.25, -0.2) is 9.97 Å². The summed E-state index contributed by atoms with van der Waals surface area (Å²) in [6.07, 6.45) is 0. The molecule has 0 fully saturated rings. The Balaban J connectivity index is 0.988. The molecule has 0 N–H and O–H groups in total. The van der Waals surface area contributed by atoms with E-state index in [2.05, 4.69) is 240 Å². The zero-order chi connectivity index (χ0) is 44.8. The summed E-state index contributed by atoms with van der Waals surface area (Å²) < 4.78 is 7.24. The first-order chi connectivity index (χ1) is 33.5. The predicted octanol–water partition coefficient (Wildman–Crippen LogP) is 16.0. The maximum atomic E-state index is 5.48. The van der Waals surface area contributed by atoms with Crippen molar-refractivity contribution < 1.29 is 0 Å². The van der Waals surface area contributed by atoms with Crippen molar-refractivity contribution in [3.8, 4) is 39.7 Å². The molecule has 0 atom stereocenters. The van der Waals surface area contributed by atoms with Crippen molar-refractivity contribution in [2.24, 2.45) is 0 Å². The van der Waals surface area contributed by atoms with Gasteiger partial charge in [-0.1, -0.05) is 159 Å². The zero-order valence-corrected chi connectivity index (χ0v) is 37.4. The number of rotatable bonds is 4. The van der Waals surface area contributed by atoms with E-state index in [0.29, 0.717) is 5.95 Å². The van der Waals surface area contributed by atoms with Gasteiger partial charge in [-0.3, -0.25) is 4.57 Å². The molecule has 5 heteroatoms. The summed E-state index contributed by atoms with van der Waals surface area (Å²) in [5.41, 5.74) is 17.3. The molecular weight excluding hydrogens is 827 g/mol. The third kappa shape index (κ3) is 4.99. The van der Waals surface area contributed by atoms with Crippen LogP contribution in [0.5, 0.6) is 0 Å². The van der Waals surface area contributed by atoms with Gasteiger partial charge in [-0.15, -0.1) is 0 Å². The molecule has 4 heterocycles. The van der Waals surface area contributed by atoms with Crippen molar-refractivity contribution in [2.45, 2.75) is 19.3 Å². The Bertz CT molecular complexity index is 4480. The third-order valence-corrected chi connectivity index (χ3v) is 15.0. The van der Waals surface area contributed by atoms with Gasteiger partial charge in [0.25, 0.3) is 0 Å². The topological polar surface area (TPSA) is 40.6 Å². The Morgan fingerprint density at radius 2 is 0.941 bits per heavy atom. The van der Waals surface area contributed by atoms with E-state index in [1.165, 1.54) is 71.3 Å². The van der Waals surface area contributed by atoms with Gasteiger partial charge in [0.05, 0.1) is 50.0 Å². The smallest absolute Gasteiger partial charge is 0.235 e. The molecule has 1 aliphatic carbocycles. The van der Waals surface area contributed by atoms with E-state index < -0.39 is 0 Å². The molecule has 4 aromatic heterocycles. The largest absolute Gasteiger partial charge is 0.309 e. The number of fused-ring (bicyclic) bond motifs is 15. The minimum Gasteiger partial charge on any atom is -0.309 e. The molecule has 5 nitrogen and oxygen atoms in total. The first kappa shape index (κ1) is 37.4. The molecule has 0 unspecified atom stereocenters. The molecule has 15 rings (SSSR count). The molecule has 1 aliphatic rings. The Morgan fingerprint density at radius 1 is 0.368 bits per heavy atom. The minimum atomic E-state index is -0.0578. The Labute approximate surface area is 391 Å². The van der Waals surface area contributed by atoms with Crippen LogP contribution in [0.3, 0.4) is 0 Å². The molecule has 68 heavy (non-hydrogen) atoms. The van der Waals surface area contributed by atoms with E-state index in [1.54, 1.807) is 0 Å².